The van der Waals surface area contributed by atoms with Crippen LogP contribution in [0.2, 0.25) is 0 Å². The van der Waals surface area contributed by atoms with Crippen LogP contribution in [0.5, 0.6) is 0 Å². The van der Waals surface area contributed by atoms with Gasteiger partial charge in [-0.15, -0.1) is 0 Å². The summed E-state index contributed by atoms with van der Waals surface area (Å²) in [6.07, 6.45) is 3.18. The van der Waals surface area contributed by atoms with Gasteiger partial charge in [0.2, 0.25) is 0 Å². The van der Waals surface area contributed by atoms with E-state index in [0.717, 1.165) is 10.8 Å². The Balaban J connectivity index is 0.000000187. The fraction of sp³-hybridized carbons (Fsp3) is 0. The second-order valence-electron chi connectivity index (χ2n) is 5.37. The van der Waals surface area contributed by atoms with Crippen molar-refractivity contribution in [3.8, 4) is 0 Å². The first-order valence-corrected chi connectivity index (χ1v) is 7.72. The Hall–Kier alpha value is -3.18. The molecule has 0 amide bonds. The molecular weight excluding hydrogens is 398 g/mol. The number of hydrogen-bond donors (Lipinski definition) is 2. The van der Waals surface area contributed by atoms with E-state index in [1.54, 1.807) is 48.8 Å². The average molecular weight is 412 g/mol. The van der Waals surface area contributed by atoms with Crippen LogP contribution in [0, 0.1) is 0 Å². The normalized spacial score (nSPS) is 9.78. The van der Waals surface area contributed by atoms with E-state index in [4.69, 9.17) is 10.2 Å². The molecule has 0 spiro atoms. The molecule has 0 unspecified atom stereocenters. The fourth-order valence-corrected chi connectivity index (χ4v) is 2.55. The third kappa shape index (κ3) is 4.51. The first-order valence-electron chi connectivity index (χ1n) is 7.72. The molecule has 4 rings (SSSR count). The third-order valence-corrected chi connectivity index (χ3v) is 3.73. The maximum Gasteiger partial charge on any atom is 0.337 e. The summed E-state index contributed by atoms with van der Waals surface area (Å²) in [7, 11) is 0. The summed E-state index contributed by atoms with van der Waals surface area (Å²) in [6.45, 7) is 0. The number of hydrogen-bond acceptors (Lipinski definition) is 4. The van der Waals surface area contributed by atoms with Gasteiger partial charge in [0.25, 0.3) is 0 Å². The van der Waals surface area contributed by atoms with E-state index in [0.29, 0.717) is 11.0 Å². The Morgan fingerprint density at radius 1 is 0.630 bits per heavy atom. The van der Waals surface area contributed by atoms with Crippen LogP contribution in [0.15, 0.2) is 73.1 Å². The number of aromatic carboxylic acids is 2. The molecule has 0 aliphatic rings. The molecule has 2 N–H and O–H groups in total. The van der Waals surface area contributed by atoms with Crippen LogP contribution < -0.4 is 0 Å². The summed E-state index contributed by atoms with van der Waals surface area (Å²) < 4.78 is 0. The van der Waals surface area contributed by atoms with Gasteiger partial charge in [-0.05, 0) is 24.3 Å². The van der Waals surface area contributed by atoms with E-state index in [1.165, 1.54) is 0 Å². The van der Waals surface area contributed by atoms with E-state index < -0.39 is 11.9 Å². The second kappa shape index (κ2) is 8.96. The third-order valence-electron chi connectivity index (χ3n) is 3.73. The Morgan fingerprint density at radius 3 is 1.37 bits per heavy atom. The molecular formula is C20H14N2O4Zn. The van der Waals surface area contributed by atoms with Gasteiger partial charge in [0.15, 0.2) is 0 Å². The predicted molar refractivity (Wildman–Crippen MR) is 97.4 cm³/mol. The number of aromatic nitrogens is 2. The van der Waals surface area contributed by atoms with Crippen molar-refractivity contribution < 1.29 is 39.3 Å². The number of carboxylic acids is 2. The van der Waals surface area contributed by atoms with Crippen LogP contribution in [0.1, 0.15) is 20.7 Å². The molecule has 7 heteroatoms. The van der Waals surface area contributed by atoms with Crippen molar-refractivity contribution in [2.75, 3.05) is 0 Å². The van der Waals surface area contributed by atoms with Crippen molar-refractivity contribution in [3.05, 3.63) is 84.2 Å². The Bertz CT molecular complexity index is 1020. The number of benzene rings is 2. The van der Waals surface area contributed by atoms with Gasteiger partial charge < -0.3 is 10.2 Å². The number of para-hydroxylation sites is 2. The maximum absolute atomic E-state index is 10.8. The van der Waals surface area contributed by atoms with Crippen molar-refractivity contribution in [1.29, 1.82) is 0 Å². The van der Waals surface area contributed by atoms with Crippen molar-refractivity contribution in [2.45, 2.75) is 0 Å². The quantitative estimate of drug-likeness (QED) is 0.486. The molecule has 130 valence electrons. The minimum atomic E-state index is -0.940. The number of nitrogens with zero attached hydrogens (tertiary/aromatic N) is 2. The first kappa shape index (κ1) is 20.1. The molecule has 27 heavy (non-hydrogen) atoms. The maximum atomic E-state index is 10.8. The summed E-state index contributed by atoms with van der Waals surface area (Å²) in [5.74, 6) is -1.88. The number of carbonyl (C=O) groups is 2. The van der Waals surface area contributed by atoms with Gasteiger partial charge >= 0.3 is 11.9 Å². The molecule has 0 saturated heterocycles. The molecule has 4 aromatic rings. The van der Waals surface area contributed by atoms with Crippen LogP contribution in [0.3, 0.4) is 0 Å². The zero-order chi connectivity index (χ0) is 18.5. The van der Waals surface area contributed by atoms with Crippen LogP contribution in [0.25, 0.3) is 21.8 Å². The molecule has 0 aliphatic carbocycles. The molecule has 6 nitrogen and oxygen atoms in total. The smallest absolute Gasteiger partial charge is 0.337 e. The number of rotatable bonds is 2. The van der Waals surface area contributed by atoms with E-state index in [-0.39, 0.29) is 30.6 Å². The SMILES string of the molecule is O=C(O)c1cccc2cccnc12.O=C(O)c1cccc2cccnc12.[Zn]. The standard InChI is InChI=1S/2C10H7NO2.Zn/c2*12-10(13)8-5-1-3-7-4-2-6-11-9(7)8;/h2*1-6H,(H,12,13);. The van der Waals surface area contributed by atoms with Gasteiger partial charge in [0.1, 0.15) is 0 Å². The number of carboxylic acid groups (broad SMARTS) is 2. The zero-order valence-corrected chi connectivity index (χ0v) is 17.2. The fourth-order valence-electron chi connectivity index (χ4n) is 2.55. The molecule has 2 heterocycles. The van der Waals surface area contributed by atoms with Gasteiger partial charge in [-0.1, -0.05) is 36.4 Å². The summed E-state index contributed by atoms with van der Waals surface area (Å²) in [4.78, 5) is 29.6. The van der Waals surface area contributed by atoms with Crippen LogP contribution in [-0.2, 0) is 19.5 Å². The first-order chi connectivity index (χ1) is 12.6. The largest absolute Gasteiger partial charge is 0.478 e. The van der Waals surface area contributed by atoms with Gasteiger partial charge in [-0.25, -0.2) is 9.59 Å². The summed E-state index contributed by atoms with van der Waals surface area (Å²) in [5.41, 5.74) is 1.58. The molecule has 0 aliphatic heterocycles. The number of fused-ring (bicyclic) bond motifs is 2. The van der Waals surface area contributed by atoms with Gasteiger partial charge in [-0.2, -0.15) is 0 Å². The Kier molecular flexibility index (Phi) is 6.69. The van der Waals surface area contributed by atoms with Crippen molar-refractivity contribution in [3.63, 3.8) is 0 Å². The van der Waals surface area contributed by atoms with Gasteiger partial charge in [0.05, 0.1) is 22.2 Å². The molecule has 0 saturated carbocycles. The number of pyridine rings is 2. The van der Waals surface area contributed by atoms with Gasteiger partial charge in [-0.3, -0.25) is 9.97 Å². The molecule has 2 aromatic carbocycles. The van der Waals surface area contributed by atoms with Crippen LogP contribution in [-0.4, -0.2) is 32.1 Å². The minimum absolute atomic E-state index is 0. The molecule has 0 radical (unpaired) electrons. The van der Waals surface area contributed by atoms with Crippen LogP contribution in [0.4, 0.5) is 0 Å². The Labute approximate surface area is 167 Å². The Morgan fingerprint density at radius 2 is 1.00 bits per heavy atom. The topological polar surface area (TPSA) is 100 Å². The van der Waals surface area contributed by atoms with Crippen molar-refractivity contribution in [1.82, 2.24) is 9.97 Å². The second-order valence-corrected chi connectivity index (χ2v) is 5.37. The molecule has 0 bridgehead atoms. The monoisotopic (exact) mass is 410 g/mol. The average Bonchev–Trinajstić information content (AvgIpc) is 2.67. The van der Waals surface area contributed by atoms with Crippen molar-refractivity contribution >= 4 is 33.7 Å². The molecule has 2 aromatic heterocycles. The minimum Gasteiger partial charge on any atom is -0.478 e. The zero-order valence-electron chi connectivity index (χ0n) is 14.2. The predicted octanol–water partition coefficient (Wildman–Crippen LogP) is 3.86. The summed E-state index contributed by atoms with van der Waals surface area (Å²) in [5, 5.41) is 19.4. The summed E-state index contributed by atoms with van der Waals surface area (Å²) in [6, 6.07) is 17.5. The summed E-state index contributed by atoms with van der Waals surface area (Å²) >= 11 is 0. The van der Waals surface area contributed by atoms with Gasteiger partial charge in [0, 0.05) is 42.6 Å². The molecule has 0 fully saturated rings. The van der Waals surface area contributed by atoms with E-state index in [2.05, 4.69) is 9.97 Å². The van der Waals surface area contributed by atoms with E-state index >= 15 is 0 Å². The molecule has 0 atom stereocenters. The van der Waals surface area contributed by atoms with Crippen LogP contribution >= 0.6 is 0 Å². The van der Waals surface area contributed by atoms with E-state index in [1.807, 2.05) is 24.3 Å². The van der Waals surface area contributed by atoms with E-state index in [9.17, 15) is 9.59 Å². The van der Waals surface area contributed by atoms with Crippen molar-refractivity contribution in [2.24, 2.45) is 0 Å².